The van der Waals surface area contributed by atoms with Gasteiger partial charge in [0.25, 0.3) is 0 Å². The SMILES string of the molecule is CCCNC1CCN(Cc2nc(C)c(C)o2)C1=O. The van der Waals surface area contributed by atoms with Crippen molar-refractivity contribution < 1.29 is 9.21 Å². The van der Waals surface area contributed by atoms with Crippen LogP contribution in [0.25, 0.3) is 0 Å². The van der Waals surface area contributed by atoms with E-state index in [-0.39, 0.29) is 11.9 Å². The first kappa shape index (κ1) is 13.1. The van der Waals surface area contributed by atoms with E-state index in [4.69, 9.17) is 4.42 Å². The molecule has 1 atom stereocenters. The molecule has 1 amide bonds. The highest BCUT2D eigenvalue weighted by molar-refractivity contribution is 5.83. The van der Waals surface area contributed by atoms with Crippen LogP contribution in [0.5, 0.6) is 0 Å². The zero-order valence-corrected chi connectivity index (χ0v) is 11.3. The fourth-order valence-electron chi connectivity index (χ4n) is 2.17. The van der Waals surface area contributed by atoms with Gasteiger partial charge in [0, 0.05) is 6.54 Å². The Morgan fingerprint density at radius 1 is 1.50 bits per heavy atom. The molecule has 1 unspecified atom stereocenters. The molecule has 0 saturated carbocycles. The number of nitrogens with zero attached hydrogens (tertiary/aromatic N) is 2. The average molecular weight is 251 g/mol. The molecule has 0 radical (unpaired) electrons. The highest BCUT2D eigenvalue weighted by Gasteiger charge is 2.31. The molecule has 5 heteroatoms. The molecule has 1 aromatic rings. The van der Waals surface area contributed by atoms with Crippen LogP contribution in [-0.4, -0.2) is 34.9 Å². The zero-order valence-electron chi connectivity index (χ0n) is 11.3. The van der Waals surface area contributed by atoms with Crippen LogP contribution in [0.15, 0.2) is 4.42 Å². The predicted molar refractivity (Wildman–Crippen MR) is 68.1 cm³/mol. The Bertz CT molecular complexity index is 408. The minimum Gasteiger partial charge on any atom is -0.444 e. The summed E-state index contributed by atoms with van der Waals surface area (Å²) in [6.07, 6.45) is 1.92. The number of aryl methyl sites for hydroxylation is 2. The largest absolute Gasteiger partial charge is 0.444 e. The first-order valence-corrected chi connectivity index (χ1v) is 6.57. The summed E-state index contributed by atoms with van der Waals surface area (Å²) in [5, 5.41) is 3.27. The van der Waals surface area contributed by atoms with Crippen molar-refractivity contribution in [1.29, 1.82) is 0 Å². The number of carbonyl (C=O) groups is 1. The number of aromatic nitrogens is 1. The van der Waals surface area contributed by atoms with Gasteiger partial charge in [-0.3, -0.25) is 4.79 Å². The summed E-state index contributed by atoms with van der Waals surface area (Å²) >= 11 is 0. The van der Waals surface area contributed by atoms with Gasteiger partial charge in [0.15, 0.2) is 0 Å². The van der Waals surface area contributed by atoms with E-state index in [1.807, 2.05) is 18.7 Å². The fourth-order valence-corrected chi connectivity index (χ4v) is 2.17. The first-order chi connectivity index (χ1) is 8.61. The van der Waals surface area contributed by atoms with Crippen molar-refractivity contribution in [3.8, 4) is 0 Å². The quantitative estimate of drug-likeness (QED) is 0.859. The Morgan fingerprint density at radius 3 is 2.89 bits per heavy atom. The van der Waals surface area contributed by atoms with E-state index in [2.05, 4.69) is 17.2 Å². The maximum Gasteiger partial charge on any atom is 0.240 e. The Balaban J connectivity index is 1.93. The summed E-state index contributed by atoms with van der Waals surface area (Å²) in [7, 11) is 0. The maximum absolute atomic E-state index is 12.1. The van der Waals surface area contributed by atoms with Crippen molar-refractivity contribution in [1.82, 2.24) is 15.2 Å². The lowest BCUT2D eigenvalue weighted by atomic mass is 10.2. The highest BCUT2D eigenvalue weighted by Crippen LogP contribution is 2.16. The summed E-state index contributed by atoms with van der Waals surface area (Å²) in [6.45, 7) is 8.06. The molecule has 1 aliphatic heterocycles. The van der Waals surface area contributed by atoms with Crippen molar-refractivity contribution in [3.05, 3.63) is 17.3 Å². The number of oxazole rings is 1. The summed E-state index contributed by atoms with van der Waals surface area (Å²) in [5.74, 6) is 1.63. The molecule has 1 aromatic heterocycles. The van der Waals surface area contributed by atoms with Gasteiger partial charge < -0.3 is 14.6 Å². The number of amides is 1. The van der Waals surface area contributed by atoms with E-state index in [0.29, 0.717) is 12.4 Å². The van der Waals surface area contributed by atoms with E-state index in [1.165, 1.54) is 0 Å². The van der Waals surface area contributed by atoms with Crippen molar-refractivity contribution in [2.45, 2.75) is 46.2 Å². The van der Waals surface area contributed by atoms with Crippen LogP contribution in [-0.2, 0) is 11.3 Å². The first-order valence-electron chi connectivity index (χ1n) is 6.57. The van der Waals surface area contributed by atoms with Crippen LogP contribution in [0.2, 0.25) is 0 Å². The van der Waals surface area contributed by atoms with E-state index < -0.39 is 0 Å². The lowest BCUT2D eigenvalue weighted by Crippen LogP contribution is -2.38. The Kier molecular flexibility index (Phi) is 4.01. The van der Waals surface area contributed by atoms with Crippen LogP contribution in [0.3, 0.4) is 0 Å². The smallest absolute Gasteiger partial charge is 0.240 e. The normalized spacial score (nSPS) is 19.8. The van der Waals surface area contributed by atoms with E-state index >= 15 is 0 Å². The summed E-state index contributed by atoms with van der Waals surface area (Å²) in [6, 6.07) is -0.0258. The third-order valence-electron chi connectivity index (χ3n) is 3.34. The molecule has 1 fully saturated rings. The van der Waals surface area contributed by atoms with Gasteiger partial charge in [-0.25, -0.2) is 4.98 Å². The fraction of sp³-hybridized carbons (Fsp3) is 0.692. The number of likely N-dealkylation sites (tertiary alicyclic amines) is 1. The molecule has 5 nitrogen and oxygen atoms in total. The number of hydrogen-bond donors (Lipinski definition) is 1. The number of hydrogen-bond acceptors (Lipinski definition) is 4. The van der Waals surface area contributed by atoms with Crippen LogP contribution >= 0.6 is 0 Å². The van der Waals surface area contributed by atoms with Crippen LogP contribution in [0.1, 0.15) is 37.1 Å². The Labute approximate surface area is 108 Å². The predicted octanol–water partition coefficient (Wildman–Crippen LogP) is 1.39. The van der Waals surface area contributed by atoms with Gasteiger partial charge in [0.1, 0.15) is 5.76 Å². The lowest BCUT2D eigenvalue weighted by Gasteiger charge is -2.15. The second-order valence-electron chi connectivity index (χ2n) is 4.80. The number of carbonyl (C=O) groups excluding carboxylic acids is 1. The van der Waals surface area contributed by atoms with Gasteiger partial charge in [-0.05, 0) is 33.2 Å². The third-order valence-corrected chi connectivity index (χ3v) is 3.34. The number of rotatable bonds is 5. The molecule has 1 N–H and O–H groups in total. The van der Waals surface area contributed by atoms with Crippen molar-refractivity contribution in [2.75, 3.05) is 13.1 Å². The molecule has 1 aliphatic rings. The van der Waals surface area contributed by atoms with E-state index in [9.17, 15) is 4.79 Å². The van der Waals surface area contributed by atoms with E-state index in [1.54, 1.807) is 0 Å². The second kappa shape index (κ2) is 5.52. The van der Waals surface area contributed by atoms with Crippen LogP contribution in [0, 0.1) is 13.8 Å². The summed E-state index contributed by atoms with van der Waals surface area (Å²) < 4.78 is 5.52. The topological polar surface area (TPSA) is 58.4 Å². The molecule has 0 bridgehead atoms. The summed E-state index contributed by atoms with van der Waals surface area (Å²) in [5.41, 5.74) is 0.900. The zero-order chi connectivity index (χ0) is 13.1. The minimum absolute atomic E-state index is 0.0258. The molecular weight excluding hydrogens is 230 g/mol. The molecular formula is C13H21N3O2. The lowest BCUT2D eigenvalue weighted by molar-refractivity contribution is -0.130. The average Bonchev–Trinajstić information content (AvgIpc) is 2.83. The molecule has 0 spiro atoms. The maximum atomic E-state index is 12.1. The molecule has 2 rings (SSSR count). The summed E-state index contributed by atoms with van der Waals surface area (Å²) in [4.78, 5) is 18.2. The Morgan fingerprint density at radius 2 is 2.28 bits per heavy atom. The van der Waals surface area contributed by atoms with E-state index in [0.717, 1.165) is 37.4 Å². The Hall–Kier alpha value is -1.36. The van der Waals surface area contributed by atoms with Crippen LogP contribution in [0.4, 0.5) is 0 Å². The number of nitrogens with one attached hydrogen (secondary N) is 1. The van der Waals surface area contributed by atoms with Crippen molar-refractivity contribution in [3.63, 3.8) is 0 Å². The van der Waals surface area contributed by atoms with Gasteiger partial charge in [0.2, 0.25) is 11.8 Å². The third kappa shape index (κ3) is 2.72. The van der Waals surface area contributed by atoms with Crippen molar-refractivity contribution >= 4 is 5.91 Å². The van der Waals surface area contributed by atoms with Crippen molar-refractivity contribution in [2.24, 2.45) is 0 Å². The molecule has 100 valence electrons. The molecule has 2 heterocycles. The minimum atomic E-state index is -0.0258. The molecule has 0 aromatic carbocycles. The van der Waals surface area contributed by atoms with Gasteiger partial charge in [-0.2, -0.15) is 0 Å². The van der Waals surface area contributed by atoms with Crippen LogP contribution < -0.4 is 5.32 Å². The van der Waals surface area contributed by atoms with Gasteiger partial charge in [-0.1, -0.05) is 6.92 Å². The molecule has 1 saturated heterocycles. The molecule has 0 aliphatic carbocycles. The highest BCUT2D eigenvalue weighted by atomic mass is 16.4. The van der Waals surface area contributed by atoms with Gasteiger partial charge >= 0.3 is 0 Å². The second-order valence-corrected chi connectivity index (χ2v) is 4.80. The standard InChI is InChI=1S/C13H21N3O2/c1-4-6-14-11-5-7-16(13(11)17)8-12-15-9(2)10(3)18-12/h11,14H,4-8H2,1-3H3. The van der Waals surface area contributed by atoms with Gasteiger partial charge in [0.05, 0.1) is 18.3 Å². The molecule has 18 heavy (non-hydrogen) atoms. The monoisotopic (exact) mass is 251 g/mol. The van der Waals surface area contributed by atoms with Gasteiger partial charge in [-0.15, -0.1) is 0 Å².